The molecule has 1 aromatic rings. The fourth-order valence-corrected chi connectivity index (χ4v) is 4.09. The maximum Gasteiger partial charge on any atom is 0.321 e. The summed E-state index contributed by atoms with van der Waals surface area (Å²) in [5.41, 5.74) is 0. The van der Waals surface area contributed by atoms with Gasteiger partial charge in [-0.05, 0) is 38.8 Å². The molecule has 144 valence electrons. The highest BCUT2D eigenvalue weighted by molar-refractivity contribution is 7.89. The van der Waals surface area contributed by atoms with Crippen molar-refractivity contribution in [1.82, 2.24) is 20.3 Å². The Labute approximate surface area is 154 Å². The molecule has 1 aromatic carbocycles. The summed E-state index contributed by atoms with van der Waals surface area (Å²) in [6.45, 7) is 4.91. The van der Waals surface area contributed by atoms with Crippen molar-refractivity contribution in [2.45, 2.75) is 43.7 Å². The maximum absolute atomic E-state index is 12.3. The minimum absolute atomic E-state index is 0.0452. The molecule has 2 rings (SSSR count). The van der Waals surface area contributed by atoms with Crippen LogP contribution in [0.15, 0.2) is 35.2 Å². The lowest BCUT2D eigenvalue weighted by molar-refractivity contribution is -0.121. The molecular weight excluding hydrogens is 356 g/mol. The first-order chi connectivity index (χ1) is 12.3. The summed E-state index contributed by atoms with van der Waals surface area (Å²) < 4.78 is 27.4. The molecule has 0 atom stereocenters. The van der Waals surface area contributed by atoms with Gasteiger partial charge in [0.15, 0.2) is 0 Å². The van der Waals surface area contributed by atoms with Gasteiger partial charge in [-0.3, -0.25) is 15.0 Å². The smallest absolute Gasteiger partial charge is 0.321 e. The number of hydrogen-bond donors (Lipinski definition) is 3. The third-order valence-electron chi connectivity index (χ3n) is 4.00. The number of hydrogen-bond acceptors (Lipinski definition) is 5. The second-order valence-corrected chi connectivity index (χ2v) is 8.38. The Hall–Kier alpha value is -1.97. The van der Waals surface area contributed by atoms with Crippen LogP contribution in [0.3, 0.4) is 0 Å². The number of rotatable bonds is 6. The number of likely N-dealkylation sites (tertiary alicyclic amines) is 1. The highest BCUT2D eigenvalue weighted by atomic mass is 32.2. The van der Waals surface area contributed by atoms with Crippen LogP contribution in [-0.4, -0.2) is 57.0 Å². The molecule has 0 unspecified atom stereocenters. The van der Waals surface area contributed by atoms with Crippen molar-refractivity contribution in [2.75, 3.05) is 19.6 Å². The number of benzene rings is 1. The zero-order valence-corrected chi connectivity index (χ0v) is 15.9. The Morgan fingerprint density at radius 3 is 2.35 bits per heavy atom. The van der Waals surface area contributed by atoms with Gasteiger partial charge in [0.2, 0.25) is 15.9 Å². The fourth-order valence-electron chi connectivity index (χ4n) is 2.76. The van der Waals surface area contributed by atoms with E-state index in [9.17, 15) is 18.0 Å². The molecule has 1 fully saturated rings. The predicted octanol–water partition coefficient (Wildman–Crippen LogP) is 0.664. The second-order valence-electron chi connectivity index (χ2n) is 6.66. The molecule has 1 aliphatic heterocycles. The molecule has 0 bridgehead atoms. The van der Waals surface area contributed by atoms with Crippen LogP contribution in [0.2, 0.25) is 0 Å². The Bertz CT molecular complexity index is 714. The number of imide groups is 1. The fraction of sp³-hybridized carbons (Fsp3) is 0.529. The van der Waals surface area contributed by atoms with Gasteiger partial charge >= 0.3 is 6.03 Å². The molecule has 0 aliphatic carbocycles. The molecule has 26 heavy (non-hydrogen) atoms. The first-order valence-electron chi connectivity index (χ1n) is 8.66. The zero-order chi connectivity index (χ0) is 19.2. The summed E-state index contributed by atoms with van der Waals surface area (Å²) >= 11 is 0. The number of nitrogens with zero attached hydrogens (tertiary/aromatic N) is 1. The van der Waals surface area contributed by atoms with E-state index >= 15 is 0 Å². The quantitative estimate of drug-likeness (QED) is 0.670. The van der Waals surface area contributed by atoms with Crippen molar-refractivity contribution in [2.24, 2.45) is 0 Å². The number of carbonyl (C=O) groups is 2. The molecule has 0 aromatic heterocycles. The molecule has 0 radical (unpaired) electrons. The Morgan fingerprint density at radius 1 is 1.15 bits per heavy atom. The lowest BCUT2D eigenvalue weighted by Gasteiger charge is -2.31. The highest BCUT2D eigenvalue weighted by Crippen LogP contribution is 2.14. The summed E-state index contributed by atoms with van der Waals surface area (Å²) in [4.78, 5) is 25.5. The molecule has 1 aliphatic rings. The van der Waals surface area contributed by atoms with E-state index in [0.29, 0.717) is 25.9 Å². The predicted molar refractivity (Wildman–Crippen MR) is 98.0 cm³/mol. The lowest BCUT2D eigenvalue weighted by Crippen LogP contribution is -2.49. The van der Waals surface area contributed by atoms with Gasteiger partial charge in [-0.15, -0.1) is 0 Å². The number of sulfonamides is 1. The van der Waals surface area contributed by atoms with Crippen LogP contribution in [0.4, 0.5) is 4.79 Å². The molecule has 3 N–H and O–H groups in total. The van der Waals surface area contributed by atoms with Gasteiger partial charge in [-0.25, -0.2) is 17.9 Å². The largest absolute Gasteiger partial charge is 0.336 e. The van der Waals surface area contributed by atoms with Crippen LogP contribution < -0.4 is 15.4 Å². The number of carbonyl (C=O) groups excluding carboxylic acids is 2. The van der Waals surface area contributed by atoms with E-state index in [1.165, 1.54) is 0 Å². The minimum Gasteiger partial charge on any atom is -0.336 e. The maximum atomic E-state index is 12.3. The van der Waals surface area contributed by atoms with E-state index in [1.54, 1.807) is 30.3 Å². The van der Waals surface area contributed by atoms with Crippen LogP contribution in [0.1, 0.15) is 26.7 Å². The standard InChI is InChI=1S/C17H26N4O4S/c1-13(2)18-17(23)19-16(22)12-21-10-8-14(9-11-21)20-26(24,25)15-6-4-3-5-7-15/h3-7,13-14,20H,8-12H2,1-2H3,(H2,18,19,22,23). The van der Waals surface area contributed by atoms with Crippen LogP contribution in [0, 0.1) is 0 Å². The van der Waals surface area contributed by atoms with Gasteiger partial charge < -0.3 is 5.32 Å². The lowest BCUT2D eigenvalue weighted by atomic mass is 10.1. The number of urea groups is 1. The van der Waals surface area contributed by atoms with Gasteiger partial charge in [-0.1, -0.05) is 18.2 Å². The summed E-state index contributed by atoms with van der Waals surface area (Å²) in [5, 5.41) is 4.88. The SMILES string of the molecule is CC(C)NC(=O)NC(=O)CN1CCC(NS(=O)(=O)c2ccccc2)CC1. The van der Waals surface area contributed by atoms with E-state index < -0.39 is 16.1 Å². The van der Waals surface area contributed by atoms with Crippen molar-refractivity contribution in [3.63, 3.8) is 0 Å². The molecule has 9 heteroatoms. The minimum atomic E-state index is -3.53. The summed E-state index contributed by atoms with van der Waals surface area (Å²) in [7, 11) is -3.53. The topological polar surface area (TPSA) is 108 Å². The van der Waals surface area contributed by atoms with Crippen molar-refractivity contribution in [1.29, 1.82) is 0 Å². The number of nitrogens with one attached hydrogen (secondary N) is 3. The van der Waals surface area contributed by atoms with Gasteiger partial charge in [0.25, 0.3) is 0 Å². The summed E-state index contributed by atoms with van der Waals surface area (Å²) in [6.07, 6.45) is 1.22. The van der Waals surface area contributed by atoms with Gasteiger partial charge in [0.1, 0.15) is 0 Å². The third-order valence-corrected chi connectivity index (χ3v) is 5.54. The van der Waals surface area contributed by atoms with Crippen LogP contribution >= 0.6 is 0 Å². The number of piperidine rings is 1. The molecule has 3 amide bonds. The Balaban J connectivity index is 1.77. The van der Waals surface area contributed by atoms with Crippen LogP contribution in [0.25, 0.3) is 0 Å². The summed E-state index contributed by atoms with van der Waals surface area (Å²) in [6, 6.07) is 7.55. The van der Waals surface area contributed by atoms with E-state index in [0.717, 1.165) is 0 Å². The van der Waals surface area contributed by atoms with Gasteiger partial charge in [0, 0.05) is 25.2 Å². The molecule has 0 saturated carbocycles. The molecular formula is C17H26N4O4S. The summed E-state index contributed by atoms with van der Waals surface area (Å²) in [5.74, 6) is -0.369. The Morgan fingerprint density at radius 2 is 1.77 bits per heavy atom. The molecule has 1 heterocycles. The molecule has 1 saturated heterocycles. The van der Waals surface area contributed by atoms with Crippen molar-refractivity contribution in [3.8, 4) is 0 Å². The van der Waals surface area contributed by atoms with Crippen molar-refractivity contribution < 1.29 is 18.0 Å². The zero-order valence-electron chi connectivity index (χ0n) is 15.1. The van der Waals surface area contributed by atoms with Gasteiger partial charge in [0.05, 0.1) is 11.4 Å². The van der Waals surface area contributed by atoms with E-state index in [2.05, 4.69) is 15.4 Å². The average molecular weight is 382 g/mol. The van der Waals surface area contributed by atoms with Crippen molar-refractivity contribution in [3.05, 3.63) is 30.3 Å². The van der Waals surface area contributed by atoms with Crippen molar-refractivity contribution >= 4 is 22.0 Å². The first kappa shape index (κ1) is 20.3. The van der Waals surface area contributed by atoms with Gasteiger partial charge in [-0.2, -0.15) is 0 Å². The third kappa shape index (κ3) is 6.40. The first-order valence-corrected chi connectivity index (χ1v) is 10.1. The monoisotopic (exact) mass is 382 g/mol. The average Bonchev–Trinajstić information content (AvgIpc) is 2.56. The number of amides is 3. The molecule has 0 spiro atoms. The Kier molecular flexibility index (Phi) is 7.13. The van der Waals surface area contributed by atoms with Crippen LogP contribution in [0.5, 0.6) is 0 Å². The normalized spacial score (nSPS) is 16.4. The van der Waals surface area contributed by atoms with Crippen LogP contribution in [-0.2, 0) is 14.8 Å². The van der Waals surface area contributed by atoms with E-state index in [4.69, 9.17) is 0 Å². The second kappa shape index (κ2) is 9.11. The van der Waals surface area contributed by atoms with E-state index in [-0.39, 0.29) is 29.4 Å². The highest BCUT2D eigenvalue weighted by Gasteiger charge is 2.25. The van der Waals surface area contributed by atoms with E-state index in [1.807, 2.05) is 18.7 Å². The molecule has 8 nitrogen and oxygen atoms in total.